The van der Waals surface area contributed by atoms with Gasteiger partial charge in [0.15, 0.2) is 0 Å². The summed E-state index contributed by atoms with van der Waals surface area (Å²) in [6, 6.07) is -0.330. The summed E-state index contributed by atoms with van der Waals surface area (Å²) in [5.41, 5.74) is 0.973. The second kappa shape index (κ2) is 10.9. The molecule has 0 spiro atoms. The molecule has 24 heavy (non-hydrogen) atoms. The molecule has 3 heteroatoms. The summed E-state index contributed by atoms with van der Waals surface area (Å²) in [5, 5.41) is 3.41. The van der Waals surface area contributed by atoms with E-state index in [4.69, 9.17) is 0 Å². The van der Waals surface area contributed by atoms with E-state index in [0.717, 1.165) is 24.6 Å². The van der Waals surface area contributed by atoms with E-state index in [-0.39, 0.29) is 6.04 Å². The third-order valence-electron chi connectivity index (χ3n) is 4.84. The summed E-state index contributed by atoms with van der Waals surface area (Å²) >= 11 is 0. The SMILES string of the molecule is C=CCN(CC1CCCCCC1)CC(N=O)C1=C/C=C\C=C/C=C\1. The molecule has 0 N–H and O–H groups in total. The van der Waals surface area contributed by atoms with E-state index in [9.17, 15) is 4.91 Å². The number of rotatable bonds is 8. The van der Waals surface area contributed by atoms with Crippen LogP contribution in [0.2, 0.25) is 0 Å². The van der Waals surface area contributed by atoms with Gasteiger partial charge in [0.2, 0.25) is 0 Å². The molecule has 130 valence electrons. The Balaban J connectivity index is 2.00. The first-order valence-corrected chi connectivity index (χ1v) is 9.20. The molecule has 3 nitrogen and oxygen atoms in total. The maximum absolute atomic E-state index is 11.5. The average Bonchev–Trinajstić information content (AvgIpc) is 2.81. The average molecular weight is 326 g/mol. The maximum Gasteiger partial charge on any atom is 0.129 e. The van der Waals surface area contributed by atoms with Crippen LogP contribution < -0.4 is 0 Å². The molecule has 0 saturated heterocycles. The van der Waals surface area contributed by atoms with Gasteiger partial charge in [0, 0.05) is 19.6 Å². The summed E-state index contributed by atoms with van der Waals surface area (Å²) in [7, 11) is 0. The van der Waals surface area contributed by atoms with Crippen molar-refractivity contribution in [3.8, 4) is 0 Å². The van der Waals surface area contributed by atoms with Crippen molar-refractivity contribution in [2.45, 2.75) is 44.6 Å². The summed E-state index contributed by atoms with van der Waals surface area (Å²) in [4.78, 5) is 13.8. The van der Waals surface area contributed by atoms with Crippen LogP contribution in [0.1, 0.15) is 38.5 Å². The van der Waals surface area contributed by atoms with Crippen LogP contribution in [0.15, 0.2) is 65.9 Å². The molecule has 0 heterocycles. The first-order chi connectivity index (χ1) is 11.8. The van der Waals surface area contributed by atoms with Crippen LogP contribution in [0.5, 0.6) is 0 Å². The van der Waals surface area contributed by atoms with Gasteiger partial charge in [0.05, 0.1) is 0 Å². The largest absolute Gasteiger partial charge is 0.297 e. The van der Waals surface area contributed by atoms with Crippen molar-refractivity contribution in [3.05, 3.63) is 65.7 Å². The molecule has 0 aromatic carbocycles. The van der Waals surface area contributed by atoms with Crippen LogP contribution in [0.25, 0.3) is 0 Å². The predicted octanol–water partition coefficient (Wildman–Crippen LogP) is 5.19. The molecule has 2 rings (SSSR count). The lowest BCUT2D eigenvalue weighted by molar-refractivity contribution is 0.233. The third-order valence-corrected chi connectivity index (χ3v) is 4.84. The van der Waals surface area contributed by atoms with Crippen LogP contribution in [0, 0.1) is 10.8 Å². The number of nitrogens with zero attached hydrogens (tertiary/aromatic N) is 2. The highest BCUT2D eigenvalue weighted by Crippen LogP contribution is 2.24. The van der Waals surface area contributed by atoms with Gasteiger partial charge in [-0.2, -0.15) is 4.91 Å². The predicted molar refractivity (Wildman–Crippen MR) is 103 cm³/mol. The molecule has 1 unspecified atom stereocenters. The van der Waals surface area contributed by atoms with E-state index < -0.39 is 0 Å². The lowest BCUT2D eigenvalue weighted by Gasteiger charge is -2.28. The van der Waals surface area contributed by atoms with Crippen molar-refractivity contribution in [2.24, 2.45) is 11.1 Å². The highest BCUT2D eigenvalue weighted by molar-refractivity contribution is 5.34. The fourth-order valence-corrected chi connectivity index (χ4v) is 3.57. The molecule has 0 aromatic rings. The topological polar surface area (TPSA) is 32.7 Å². The van der Waals surface area contributed by atoms with Gasteiger partial charge < -0.3 is 0 Å². The molecular weight excluding hydrogens is 296 g/mol. The van der Waals surface area contributed by atoms with Crippen molar-refractivity contribution in [3.63, 3.8) is 0 Å². The first-order valence-electron chi connectivity index (χ1n) is 9.20. The molecule has 1 fully saturated rings. The zero-order valence-electron chi connectivity index (χ0n) is 14.6. The monoisotopic (exact) mass is 326 g/mol. The number of hydrogen-bond acceptors (Lipinski definition) is 3. The second-order valence-corrected chi connectivity index (χ2v) is 6.78. The Labute approximate surface area is 146 Å². The minimum atomic E-state index is -0.330. The zero-order chi connectivity index (χ0) is 17.0. The van der Waals surface area contributed by atoms with Gasteiger partial charge in [-0.3, -0.25) is 4.90 Å². The van der Waals surface area contributed by atoms with Gasteiger partial charge in [-0.1, -0.05) is 79.5 Å². The van der Waals surface area contributed by atoms with Crippen LogP contribution in [-0.4, -0.2) is 30.6 Å². The summed E-state index contributed by atoms with van der Waals surface area (Å²) < 4.78 is 0. The van der Waals surface area contributed by atoms with Crippen molar-refractivity contribution < 1.29 is 0 Å². The maximum atomic E-state index is 11.5. The molecule has 0 aromatic heterocycles. The fourth-order valence-electron chi connectivity index (χ4n) is 3.57. The van der Waals surface area contributed by atoms with Crippen molar-refractivity contribution >= 4 is 0 Å². The van der Waals surface area contributed by atoms with Gasteiger partial charge in [-0.05, 0) is 24.3 Å². The minimum absolute atomic E-state index is 0.330. The summed E-state index contributed by atoms with van der Waals surface area (Å²) in [6.07, 6.45) is 23.8. The smallest absolute Gasteiger partial charge is 0.129 e. The van der Waals surface area contributed by atoms with E-state index in [1.807, 2.05) is 48.6 Å². The molecule has 0 aliphatic heterocycles. The summed E-state index contributed by atoms with van der Waals surface area (Å²) in [5.74, 6) is 0.740. The quantitative estimate of drug-likeness (QED) is 0.349. The van der Waals surface area contributed by atoms with Gasteiger partial charge in [-0.25, -0.2) is 0 Å². The Hall–Kier alpha value is -1.74. The van der Waals surface area contributed by atoms with E-state index in [0.29, 0.717) is 6.54 Å². The molecule has 0 amide bonds. The van der Waals surface area contributed by atoms with Crippen LogP contribution in [-0.2, 0) is 0 Å². The Morgan fingerprint density at radius 3 is 2.54 bits per heavy atom. The Kier molecular flexibility index (Phi) is 8.47. The van der Waals surface area contributed by atoms with E-state index in [1.54, 1.807) is 0 Å². The van der Waals surface area contributed by atoms with Gasteiger partial charge >= 0.3 is 0 Å². The van der Waals surface area contributed by atoms with E-state index in [2.05, 4.69) is 16.7 Å². The standard InChI is InChI=1S/C21H30N2O/c1-2-16-23(17-19-12-8-6-7-9-13-19)18-21(22-24)20-14-10-4-3-5-11-15-20/h2-5,10-11,14-15,19,21H,1,6-9,12-13,16-18H2/b4-3-,5-3?,10-4?,11-5-,14-10-,15-11?,20-14?,20-15+. The lowest BCUT2D eigenvalue weighted by Crippen LogP contribution is -2.36. The summed E-state index contributed by atoms with van der Waals surface area (Å²) in [6.45, 7) is 6.41. The fraction of sp³-hybridized carbons (Fsp3) is 0.524. The van der Waals surface area contributed by atoms with Gasteiger partial charge in [0.1, 0.15) is 6.04 Å². The Morgan fingerprint density at radius 2 is 1.83 bits per heavy atom. The Bertz CT molecular complexity index is 508. The molecule has 1 atom stereocenters. The first kappa shape index (κ1) is 18.6. The van der Waals surface area contributed by atoms with E-state index >= 15 is 0 Å². The zero-order valence-corrected chi connectivity index (χ0v) is 14.6. The molecule has 0 bridgehead atoms. The van der Waals surface area contributed by atoms with Crippen molar-refractivity contribution in [2.75, 3.05) is 19.6 Å². The number of nitroso groups, excluding NO2 is 1. The Morgan fingerprint density at radius 1 is 1.12 bits per heavy atom. The van der Waals surface area contributed by atoms with Gasteiger partial charge in [0.25, 0.3) is 0 Å². The van der Waals surface area contributed by atoms with Crippen molar-refractivity contribution in [1.82, 2.24) is 4.90 Å². The van der Waals surface area contributed by atoms with Crippen LogP contribution in [0.3, 0.4) is 0 Å². The molecular formula is C21H30N2O. The van der Waals surface area contributed by atoms with Crippen LogP contribution in [0.4, 0.5) is 0 Å². The molecule has 2 aliphatic rings. The van der Waals surface area contributed by atoms with Gasteiger partial charge in [-0.15, -0.1) is 6.58 Å². The highest BCUT2D eigenvalue weighted by atomic mass is 16.3. The highest BCUT2D eigenvalue weighted by Gasteiger charge is 2.21. The van der Waals surface area contributed by atoms with E-state index in [1.165, 1.54) is 38.5 Å². The van der Waals surface area contributed by atoms with Crippen LogP contribution >= 0.6 is 0 Å². The lowest BCUT2D eigenvalue weighted by atomic mass is 9.98. The third kappa shape index (κ3) is 6.40. The second-order valence-electron chi connectivity index (χ2n) is 6.78. The number of hydrogen-bond donors (Lipinski definition) is 0. The minimum Gasteiger partial charge on any atom is -0.297 e. The number of allylic oxidation sites excluding steroid dienone is 6. The normalized spacial score (nSPS) is 26.3. The molecule has 2 aliphatic carbocycles. The molecule has 0 radical (unpaired) electrons. The molecule has 1 saturated carbocycles. The van der Waals surface area contributed by atoms with Crippen molar-refractivity contribution in [1.29, 1.82) is 0 Å².